The molecule has 0 spiro atoms. The molecule has 0 bridgehead atoms. The van der Waals surface area contributed by atoms with Gasteiger partial charge >= 0.3 is 0 Å². The van der Waals surface area contributed by atoms with E-state index in [2.05, 4.69) is 31.0 Å². The summed E-state index contributed by atoms with van der Waals surface area (Å²) >= 11 is 3.36. The monoisotopic (exact) mass is 307 g/mol. The molecule has 18 heavy (non-hydrogen) atoms. The van der Waals surface area contributed by atoms with E-state index in [0.717, 1.165) is 18.7 Å². The lowest BCUT2D eigenvalue weighted by Crippen LogP contribution is -2.09. The number of halogens is 1. The molecule has 0 saturated heterocycles. The smallest absolute Gasteiger partial charge is 0.251 e. The summed E-state index contributed by atoms with van der Waals surface area (Å²) in [7, 11) is 0. The minimum Gasteiger partial charge on any atom is -0.366 e. The Balaban J connectivity index is 2.01. The Morgan fingerprint density at radius 2 is 2.22 bits per heavy atom. The zero-order valence-corrected chi connectivity index (χ0v) is 11.0. The summed E-state index contributed by atoms with van der Waals surface area (Å²) in [5, 5.41) is 4.07. The highest BCUT2D eigenvalue weighted by atomic mass is 79.9. The Bertz CT molecular complexity index is 620. The van der Waals surface area contributed by atoms with Crippen molar-refractivity contribution in [2.24, 2.45) is 5.73 Å². The summed E-state index contributed by atoms with van der Waals surface area (Å²) in [6, 6.07) is 1.75. The van der Waals surface area contributed by atoms with Crippen molar-refractivity contribution in [2.75, 3.05) is 0 Å². The highest BCUT2D eigenvalue weighted by Crippen LogP contribution is 2.38. The average Bonchev–Trinajstić information content (AvgIpc) is 3.05. The number of rotatable bonds is 3. The molecule has 1 fully saturated rings. The van der Waals surface area contributed by atoms with Crippen molar-refractivity contribution >= 4 is 21.8 Å². The van der Waals surface area contributed by atoms with Crippen molar-refractivity contribution in [2.45, 2.75) is 18.8 Å². The highest BCUT2D eigenvalue weighted by Gasteiger charge is 2.27. The number of hydrogen-bond donors (Lipinski definition) is 1. The fourth-order valence-electron chi connectivity index (χ4n) is 1.64. The van der Waals surface area contributed by atoms with Gasteiger partial charge in [0, 0.05) is 18.2 Å². The van der Waals surface area contributed by atoms with Gasteiger partial charge in [-0.1, -0.05) is 0 Å². The number of nitrogens with two attached hydrogens (primary N) is 1. The molecular weight excluding hydrogens is 298 g/mol. The molecule has 1 saturated carbocycles. The van der Waals surface area contributed by atoms with E-state index in [1.807, 2.05) is 0 Å². The van der Waals surface area contributed by atoms with E-state index in [0.29, 0.717) is 21.9 Å². The van der Waals surface area contributed by atoms with Gasteiger partial charge in [0.15, 0.2) is 5.82 Å². The van der Waals surface area contributed by atoms with Gasteiger partial charge in [0.25, 0.3) is 5.91 Å². The number of aromatic nitrogens is 4. The first-order chi connectivity index (χ1) is 8.63. The summed E-state index contributed by atoms with van der Waals surface area (Å²) in [4.78, 5) is 19.8. The van der Waals surface area contributed by atoms with Crippen LogP contribution in [-0.2, 0) is 0 Å². The van der Waals surface area contributed by atoms with Crippen LogP contribution in [0.15, 0.2) is 23.1 Å². The molecule has 1 aliphatic rings. The van der Waals surface area contributed by atoms with Crippen LogP contribution in [0.2, 0.25) is 0 Å². The minimum absolute atomic E-state index is 0.359. The molecule has 1 aliphatic carbocycles. The van der Waals surface area contributed by atoms with E-state index in [-0.39, 0.29) is 0 Å². The summed E-state index contributed by atoms with van der Waals surface area (Å²) < 4.78 is 2.24. The van der Waals surface area contributed by atoms with Crippen molar-refractivity contribution in [1.29, 1.82) is 0 Å². The molecule has 2 aromatic rings. The Morgan fingerprint density at radius 1 is 1.44 bits per heavy atom. The number of primary amides is 1. The van der Waals surface area contributed by atoms with Crippen molar-refractivity contribution < 1.29 is 4.79 Å². The standard InChI is InChI=1S/C11H10BrN5O/c12-8-3-9(16-11(15-8)6-1-2-6)17-5-7(4-14-17)10(13)18/h3-6H,1-2H2,(H2,13,18). The Morgan fingerprint density at radius 3 is 2.83 bits per heavy atom. The predicted molar refractivity (Wildman–Crippen MR) is 67.3 cm³/mol. The summed E-state index contributed by atoms with van der Waals surface area (Å²) in [6.07, 6.45) is 5.24. The van der Waals surface area contributed by atoms with Gasteiger partial charge < -0.3 is 5.73 Å². The molecule has 0 aromatic carbocycles. The molecule has 3 rings (SSSR count). The first kappa shape index (κ1) is 11.3. The third-order valence-electron chi connectivity index (χ3n) is 2.74. The van der Waals surface area contributed by atoms with E-state index in [4.69, 9.17) is 5.73 Å². The lowest BCUT2D eigenvalue weighted by Gasteiger charge is -2.03. The molecule has 7 heteroatoms. The lowest BCUT2D eigenvalue weighted by molar-refractivity contribution is 0.100. The summed E-state index contributed by atoms with van der Waals surface area (Å²) in [6.45, 7) is 0. The first-order valence-electron chi connectivity index (χ1n) is 5.53. The van der Waals surface area contributed by atoms with Gasteiger partial charge in [-0.25, -0.2) is 14.6 Å². The van der Waals surface area contributed by atoms with Gasteiger partial charge in [-0.3, -0.25) is 4.79 Å². The minimum atomic E-state index is -0.503. The van der Waals surface area contributed by atoms with E-state index < -0.39 is 5.91 Å². The zero-order valence-electron chi connectivity index (χ0n) is 9.38. The molecule has 92 valence electrons. The van der Waals surface area contributed by atoms with Gasteiger partial charge in [0.2, 0.25) is 0 Å². The fraction of sp³-hybridized carbons (Fsp3) is 0.273. The van der Waals surface area contributed by atoms with Crippen LogP contribution < -0.4 is 5.73 Å². The zero-order chi connectivity index (χ0) is 12.7. The average molecular weight is 308 g/mol. The number of hydrogen-bond acceptors (Lipinski definition) is 4. The normalized spacial score (nSPS) is 14.7. The molecule has 2 N–H and O–H groups in total. The largest absolute Gasteiger partial charge is 0.366 e. The van der Waals surface area contributed by atoms with Crippen LogP contribution >= 0.6 is 15.9 Å². The van der Waals surface area contributed by atoms with E-state index in [9.17, 15) is 4.79 Å². The first-order valence-corrected chi connectivity index (χ1v) is 6.32. The fourth-order valence-corrected chi connectivity index (χ4v) is 2.03. The molecular formula is C11H10BrN5O. The van der Waals surface area contributed by atoms with Crippen molar-refractivity contribution in [3.63, 3.8) is 0 Å². The van der Waals surface area contributed by atoms with Crippen molar-refractivity contribution in [1.82, 2.24) is 19.7 Å². The number of nitrogens with zero attached hydrogens (tertiary/aromatic N) is 4. The van der Waals surface area contributed by atoms with Gasteiger partial charge in [-0.15, -0.1) is 0 Å². The maximum Gasteiger partial charge on any atom is 0.251 e. The molecule has 2 aromatic heterocycles. The number of carbonyl (C=O) groups excluding carboxylic acids is 1. The third kappa shape index (κ3) is 2.13. The Labute approximate surface area is 111 Å². The van der Waals surface area contributed by atoms with Crippen LogP contribution in [0.25, 0.3) is 5.82 Å². The predicted octanol–water partition coefficient (Wildman–Crippen LogP) is 1.40. The lowest BCUT2D eigenvalue weighted by atomic mass is 10.3. The quantitative estimate of drug-likeness (QED) is 0.868. The second-order valence-electron chi connectivity index (χ2n) is 4.22. The molecule has 0 radical (unpaired) electrons. The van der Waals surface area contributed by atoms with Crippen LogP contribution in [0.4, 0.5) is 0 Å². The second kappa shape index (κ2) is 4.16. The Kier molecular flexibility index (Phi) is 2.62. The van der Waals surface area contributed by atoms with Crippen LogP contribution in [0.3, 0.4) is 0 Å². The molecule has 1 amide bonds. The van der Waals surface area contributed by atoms with Crippen molar-refractivity contribution in [3.8, 4) is 5.82 Å². The van der Waals surface area contributed by atoms with E-state index >= 15 is 0 Å². The Hall–Kier alpha value is -1.76. The maximum atomic E-state index is 11.0. The number of amides is 1. The van der Waals surface area contributed by atoms with Gasteiger partial charge in [-0.2, -0.15) is 5.10 Å². The van der Waals surface area contributed by atoms with Gasteiger partial charge in [0.05, 0.1) is 11.8 Å². The SMILES string of the molecule is NC(=O)c1cnn(-c2cc(Br)nc(C3CC3)n2)c1. The van der Waals surface area contributed by atoms with Crippen LogP contribution in [-0.4, -0.2) is 25.7 Å². The summed E-state index contributed by atoms with van der Waals surface area (Å²) in [5.74, 6) is 1.39. The van der Waals surface area contributed by atoms with Crippen LogP contribution in [0.1, 0.15) is 34.9 Å². The maximum absolute atomic E-state index is 11.0. The van der Waals surface area contributed by atoms with Gasteiger partial charge in [0.1, 0.15) is 10.4 Å². The summed E-state index contributed by atoms with van der Waals surface area (Å²) in [5.41, 5.74) is 5.55. The molecule has 6 nitrogen and oxygen atoms in total. The van der Waals surface area contributed by atoms with Gasteiger partial charge in [-0.05, 0) is 28.8 Å². The molecule has 0 unspecified atom stereocenters. The van der Waals surface area contributed by atoms with E-state index in [1.54, 1.807) is 12.3 Å². The molecule has 2 heterocycles. The van der Waals surface area contributed by atoms with E-state index in [1.165, 1.54) is 10.9 Å². The third-order valence-corrected chi connectivity index (χ3v) is 3.15. The van der Waals surface area contributed by atoms with Crippen LogP contribution in [0, 0.1) is 0 Å². The second-order valence-corrected chi connectivity index (χ2v) is 5.03. The molecule has 0 atom stereocenters. The molecule has 0 aliphatic heterocycles. The topological polar surface area (TPSA) is 86.7 Å². The van der Waals surface area contributed by atoms with Crippen molar-refractivity contribution in [3.05, 3.63) is 34.5 Å². The number of carbonyl (C=O) groups is 1. The van der Waals surface area contributed by atoms with Crippen LogP contribution in [0.5, 0.6) is 0 Å². The highest BCUT2D eigenvalue weighted by molar-refractivity contribution is 9.10.